The van der Waals surface area contributed by atoms with Crippen molar-refractivity contribution in [3.63, 3.8) is 0 Å². The number of hydrogen-bond donors (Lipinski definition) is 0. The fraction of sp³-hybridized carbons (Fsp3) is 0.400. The van der Waals surface area contributed by atoms with Crippen LogP contribution in [0.15, 0.2) is 65.4 Å². The van der Waals surface area contributed by atoms with Crippen LogP contribution in [-0.2, 0) is 15.0 Å². The molecule has 0 radical (unpaired) electrons. The van der Waals surface area contributed by atoms with Crippen LogP contribution in [0.2, 0.25) is 13.1 Å². The molecular formula is C35H40N2O4Si. The highest BCUT2D eigenvalue weighted by atomic mass is 28.3. The molecule has 0 amide bonds. The Kier molecular flexibility index (Phi) is 8.10. The average Bonchev–Trinajstić information content (AvgIpc) is 3.68. The van der Waals surface area contributed by atoms with Crippen molar-refractivity contribution in [2.24, 2.45) is 0 Å². The van der Waals surface area contributed by atoms with Crippen LogP contribution in [0.3, 0.4) is 0 Å². The summed E-state index contributed by atoms with van der Waals surface area (Å²) in [6.07, 6.45) is 12.2. The van der Waals surface area contributed by atoms with Crippen molar-refractivity contribution in [3.05, 3.63) is 87.6 Å². The first-order valence-electron chi connectivity index (χ1n) is 15.0. The molecule has 6 rings (SSSR count). The Hall–Kier alpha value is -3.80. The van der Waals surface area contributed by atoms with Gasteiger partial charge in [0.1, 0.15) is 21.2 Å². The zero-order valence-corrected chi connectivity index (χ0v) is 26.4. The van der Waals surface area contributed by atoms with Crippen LogP contribution in [0.25, 0.3) is 5.57 Å². The summed E-state index contributed by atoms with van der Waals surface area (Å²) in [5, 5.41) is 15.3. The number of benzene rings is 2. The number of fused-ring (bicyclic) bond motifs is 2. The fourth-order valence-electron chi connectivity index (χ4n) is 6.85. The molecule has 2 fully saturated rings. The second-order valence-corrected chi connectivity index (χ2v) is 17.6. The Bertz CT molecular complexity index is 1580. The Labute approximate surface area is 249 Å². The zero-order chi connectivity index (χ0) is 30.2. The van der Waals surface area contributed by atoms with Gasteiger partial charge in [-0.1, -0.05) is 52.1 Å². The van der Waals surface area contributed by atoms with E-state index in [1.807, 2.05) is 6.07 Å². The molecule has 0 atom stereocenters. The first-order valence-corrected chi connectivity index (χ1v) is 18.0. The molecule has 6 nitrogen and oxygen atoms in total. The van der Waals surface area contributed by atoms with E-state index in [0.717, 1.165) is 42.9 Å². The van der Waals surface area contributed by atoms with Crippen molar-refractivity contribution in [3.8, 4) is 0 Å². The second kappa shape index (κ2) is 11.5. The van der Waals surface area contributed by atoms with Gasteiger partial charge in [0.05, 0.1) is 5.97 Å². The molecule has 0 saturated carbocycles. The van der Waals surface area contributed by atoms with Gasteiger partial charge in [0.15, 0.2) is 5.71 Å². The lowest BCUT2D eigenvalue weighted by Gasteiger charge is -2.39. The summed E-state index contributed by atoms with van der Waals surface area (Å²) in [5.74, 6) is -1.12. The molecule has 0 bridgehead atoms. The van der Waals surface area contributed by atoms with Gasteiger partial charge in [-0.2, -0.15) is 9.59 Å². The fourth-order valence-corrected chi connectivity index (χ4v) is 9.93. The minimum absolute atomic E-state index is 0.104. The molecule has 2 saturated heterocycles. The van der Waals surface area contributed by atoms with E-state index >= 15 is 0 Å². The van der Waals surface area contributed by atoms with E-state index in [1.165, 1.54) is 58.6 Å². The minimum atomic E-state index is -2.10. The van der Waals surface area contributed by atoms with E-state index in [4.69, 9.17) is 9.59 Å². The lowest BCUT2D eigenvalue weighted by molar-refractivity contribution is -0.504. The smallest absolute Gasteiger partial charge is 0.373 e. The number of anilines is 1. The summed E-state index contributed by atoms with van der Waals surface area (Å²) in [6, 6.07) is 12.8. The first kappa shape index (κ1) is 29.7. The van der Waals surface area contributed by atoms with Crippen LogP contribution >= 0.6 is 0 Å². The van der Waals surface area contributed by atoms with Crippen LogP contribution in [0.1, 0.15) is 73.5 Å². The molecule has 0 unspecified atom stereocenters. The van der Waals surface area contributed by atoms with Gasteiger partial charge < -0.3 is 14.8 Å². The van der Waals surface area contributed by atoms with Gasteiger partial charge in [-0.15, -0.1) is 0 Å². The van der Waals surface area contributed by atoms with Crippen LogP contribution in [0, 0.1) is 0 Å². The maximum Gasteiger partial charge on any atom is 0.373 e. The Morgan fingerprint density at radius 3 is 2.21 bits per heavy atom. The molecule has 3 aliphatic heterocycles. The van der Waals surface area contributed by atoms with E-state index in [-0.39, 0.29) is 17.1 Å². The quantitative estimate of drug-likeness (QED) is 0.398. The maximum absolute atomic E-state index is 12.5. The third-order valence-electron chi connectivity index (χ3n) is 9.21. The molecule has 2 aromatic carbocycles. The van der Waals surface area contributed by atoms with Crippen LogP contribution < -0.4 is 15.2 Å². The summed E-state index contributed by atoms with van der Waals surface area (Å²) in [7, 11) is -2.10. The lowest BCUT2D eigenvalue weighted by Crippen LogP contribution is -2.50. The third-order valence-corrected chi connectivity index (χ3v) is 12.7. The van der Waals surface area contributed by atoms with Crippen LogP contribution in [0.5, 0.6) is 0 Å². The number of nitrogens with zero attached hydrogens (tertiary/aromatic N) is 2. The molecule has 7 heteroatoms. The van der Waals surface area contributed by atoms with Crippen molar-refractivity contribution in [1.29, 1.82) is 0 Å². The van der Waals surface area contributed by atoms with Gasteiger partial charge in [-0.3, -0.25) is 0 Å². The Morgan fingerprint density at radius 2 is 1.60 bits per heavy atom. The molecule has 3 heterocycles. The first-order chi connectivity index (χ1) is 20.0. The number of carbonyl (C=O) groups excluding carboxylic acids is 3. The van der Waals surface area contributed by atoms with E-state index in [1.54, 1.807) is 6.07 Å². The maximum atomic E-state index is 12.5. The highest BCUT2D eigenvalue weighted by Gasteiger charge is 2.41. The molecule has 218 valence electrons. The van der Waals surface area contributed by atoms with Crippen molar-refractivity contribution in [2.45, 2.75) is 65.0 Å². The summed E-state index contributed by atoms with van der Waals surface area (Å²) < 4.78 is 2.51. The monoisotopic (exact) mass is 580 g/mol. The van der Waals surface area contributed by atoms with Crippen LogP contribution in [0.4, 0.5) is 5.69 Å². The second-order valence-electron chi connectivity index (χ2n) is 13.2. The summed E-state index contributed by atoms with van der Waals surface area (Å²) in [4.78, 5) is 31.3. The lowest BCUT2D eigenvalue weighted by atomic mass is 9.81. The summed E-state index contributed by atoms with van der Waals surface area (Å²) in [5.41, 5.74) is 8.08. The Morgan fingerprint density at radius 1 is 0.929 bits per heavy atom. The molecule has 42 heavy (non-hydrogen) atoms. The van der Waals surface area contributed by atoms with E-state index in [0.29, 0.717) is 0 Å². The van der Waals surface area contributed by atoms with Gasteiger partial charge in [0.2, 0.25) is 0 Å². The van der Waals surface area contributed by atoms with Crippen LogP contribution in [-0.4, -0.2) is 56.7 Å². The van der Waals surface area contributed by atoms with Crippen molar-refractivity contribution >= 4 is 42.4 Å². The number of hydrogen-bond acceptors (Lipinski definition) is 5. The van der Waals surface area contributed by atoms with Gasteiger partial charge in [0, 0.05) is 49.3 Å². The number of carboxylic acids is 1. The standard InChI is InChI=1S/C34H40N2O2Si.CO2/c1-34(2,3)23-10-13-26(33(37)38)29(20-23)32-27-14-11-24(35-16-6-7-17-35)21-30(27)39(4,5)31-22-25(12-15-28(31)32)36-18-8-9-19-36;2-1-3/h10-15,20-22H,6-9,16-19H2,1-5H3;. The van der Waals surface area contributed by atoms with E-state index < -0.39 is 14.0 Å². The molecule has 1 aliphatic carbocycles. The number of allylic oxidation sites excluding steroid dienone is 5. The minimum Gasteiger partial charge on any atom is -0.545 e. The molecule has 0 spiro atoms. The van der Waals surface area contributed by atoms with Gasteiger partial charge in [-0.05, 0) is 80.8 Å². The highest BCUT2D eigenvalue weighted by molar-refractivity contribution is 6.98. The number of rotatable bonds is 3. The summed E-state index contributed by atoms with van der Waals surface area (Å²) >= 11 is 0. The molecule has 0 N–H and O–H groups in total. The Balaban J connectivity index is 0.00000113. The van der Waals surface area contributed by atoms with Crippen molar-refractivity contribution in [1.82, 2.24) is 0 Å². The number of carbonyl (C=O) groups is 1. The summed E-state index contributed by atoms with van der Waals surface area (Å²) in [6.45, 7) is 15.9. The number of carboxylic acid groups (broad SMARTS) is 1. The SMILES string of the molecule is CC(C)(C)c1ccc(C(=O)[O-])c(C2=C3C=CC(=[N+]4CCCC4)C=C3[Si](C)(C)c3cc(N4CCCC4)ccc32)c1.O=C=O. The topological polar surface area (TPSA) is 80.5 Å². The van der Waals surface area contributed by atoms with Crippen molar-refractivity contribution < 1.29 is 24.1 Å². The number of aromatic carboxylic acids is 1. The normalized spacial score (nSPS) is 19.1. The molecule has 2 aromatic rings. The predicted octanol–water partition coefficient (Wildman–Crippen LogP) is 4.38. The van der Waals surface area contributed by atoms with E-state index in [2.05, 4.69) is 85.8 Å². The molecule has 4 aliphatic rings. The predicted molar refractivity (Wildman–Crippen MR) is 167 cm³/mol. The van der Waals surface area contributed by atoms with Gasteiger partial charge in [0.25, 0.3) is 0 Å². The third kappa shape index (κ3) is 5.39. The van der Waals surface area contributed by atoms with Gasteiger partial charge in [-0.25, -0.2) is 4.58 Å². The van der Waals surface area contributed by atoms with Gasteiger partial charge >= 0.3 is 6.15 Å². The molecule has 0 aromatic heterocycles. The largest absolute Gasteiger partial charge is 0.545 e. The average molecular weight is 581 g/mol. The van der Waals surface area contributed by atoms with Crippen molar-refractivity contribution in [2.75, 3.05) is 31.1 Å². The molecular weight excluding hydrogens is 540 g/mol. The van der Waals surface area contributed by atoms with E-state index in [9.17, 15) is 9.90 Å². The zero-order valence-electron chi connectivity index (χ0n) is 25.4. The highest BCUT2D eigenvalue weighted by Crippen LogP contribution is 2.43.